The second kappa shape index (κ2) is 8.18. The Bertz CT molecular complexity index is 1040. The molecule has 146 valence electrons. The van der Waals surface area contributed by atoms with E-state index in [1.54, 1.807) is 30.3 Å². The zero-order valence-corrected chi connectivity index (χ0v) is 16.3. The van der Waals surface area contributed by atoms with Crippen LogP contribution in [0.25, 0.3) is 0 Å². The maximum atomic E-state index is 12.6. The van der Waals surface area contributed by atoms with Crippen molar-refractivity contribution in [1.82, 2.24) is 10.9 Å². The Morgan fingerprint density at radius 2 is 1.86 bits per heavy atom. The van der Waals surface area contributed by atoms with Crippen LogP contribution in [-0.2, 0) is 10.0 Å². The average molecular weight is 399 g/mol. The summed E-state index contributed by atoms with van der Waals surface area (Å²) in [5.74, 6) is 0.192. The third-order valence-electron chi connectivity index (χ3n) is 4.11. The lowest BCUT2D eigenvalue weighted by Gasteiger charge is -2.11. The molecule has 2 aromatic rings. The van der Waals surface area contributed by atoms with E-state index in [9.17, 15) is 13.2 Å². The second-order valence-corrected chi connectivity index (χ2v) is 7.98. The number of allylic oxidation sites excluding steroid dienone is 3. The molecule has 0 aliphatic heterocycles. The van der Waals surface area contributed by atoms with Crippen molar-refractivity contribution in [3.8, 4) is 5.75 Å². The number of hydrazine groups is 1. The highest BCUT2D eigenvalue weighted by Gasteiger charge is 2.17. The van der Waals surface area contributed by atoms with Crippen LogP contribution in [-0.4, -0.2) is 21.4 Å². The van der Waals surface area contributed by atoms with Crippen LogP contribution in [0.1, 0.15) is 23.7 Å². The molecule has 0 saturated heterocycles. The first-order chi connectivity index (χ1) is 13.4. The molecule has 28 heavy (non-hydrogen) atoms. The molecule has 1 aliphatic carbocycles. The Labute approximate surface area is 164 Å². The molecule has 7 nitrogen and oxygen atoms in total. The van der Waals surface area contributed by atoms with E-state index in [4.69, 9.17) is 4.74 Å². The number of sulfonamides is 1. The fraction of sp³-hybridized carbons (Fsp3) is 0.150. The number of anilines is 1. The maximum Gasteiger partial charge on any atom is 0.269 e. The smallest absolute Gasteiger partial charge is 0.269 e. The summed E-state index contributed by atoms with van der Waals surface area (Å²) in [6.45, 7) is 2.00. The molecule has 0 aromatic heterocycles. The van der Waals surface area contributed by atoms with Gasteiger partial charge in [0, 0.05) is 11.3 Å². The van der Waals surface area contributed by atoms with Crippen molar-refractivity contribution in [3.05, 3.63) is 77.5 Å². The van der Waals surface area contributed by atoms with E-state index >= 15 is 0 Å². The van der Waals surface area contributed by atoms with Crippen LogP contribution in [0.4, 0.5) is 5.69 Å². The molecule has 2 aromatic carbocycles. The van der Waals surface area contributed by atoms with Crippen molar-refractivity contribution in [3.63, 3.8) is 0 Å². The van der Waals surface area contributed by atoms with Gasteiger partial charge >= 0.3 is 0 Å². The number of ether oxygens (including phenoxy) is 1. The zero-order chi connectivity index (χ0) is 20.1. The Hall–Kier alpha value is -3.26. The van der Waals surface area contributed by atoms with Crippen molar-refractivity contribution in [2.24, 2.45) is 0 Å². The highest BCUT2D eigenvalue weighted by Crippen LogP contribution is 2.20. The maximum absolute atomic E-state index is 12.6. The van der Waals surface area contributed by atoms with Crippen molar-refractivity contribution >= 4 is 21.6 Å². The minimum atomic E-state index is -3.84. The molecule has 0 radical (unpaired) electrons. The van der Waals surface area contributed by atoms with E-state index in [0.29, 0.717) is 11.4 Å². The van der Waals surface area contributed by atoms with Gasteiger partial charge in [-0.2, -0.15) is 0 Å². The predicted molar refractivity (Wildman–Crippen MR) is 107 cm³/mol. The van der Waals surface area contributed by atoms with E-state index in [1.165, 1.54) is 30.9 Å². The Balaban J connectivity index is 1.71. The van der Waals surface area contributed by atoms with Gasteiger partial charge in [-0.05, 0) is 61.9 Å². The molecule has 0 heterocycles. The van der Waals surface area contributed by atoms with Crippen molar-refractivity contribution < 1.29 is 17.9 Å². The summed E-state index contributed by atoms with van der Waals surface area (Å²) < 4.78 is 32.8. The molecule has 1 amide bonds. The molecule has 0 saturated carbocycles. The van der Waals surface area contributed by atoms with Crippen molar-refractivity contribution in [1.29, 1.82) is 0 Å². The van der Waals surface area contributed by atoms with Crippen LogP contribution in [0.15, 0.2) is 76.8 Å². The van der Waals surface area contributed by atoms with Gasteiger partial charge in [0.25, 0.3) is 15.9 Å². The fourth-order valence-electron chi connectivity index (χ4n) is 2.62. The number of carbonyl (C=O) groups excluding carboxylic acids is 1. The number of benzene rings is 2. The summed E-state index contributed by atoms with van der Waals surface area (Å²) in [5.41, 5.74) is 8.01. The Morgan fingerprint density at radius 3 is 2.50 bits per heavy atom. The Kier molecular flexibility index (Phi) is 5.70. The molecule has 0 spiro atoms. The highest BCUT2D eigenvalue weighted by atomic mass is 32.2. The van der Waals surface area contributed by atoms with Crippen molar-refractivity contribution in [2.75, 3.05) is 11.8 Å². The molecule has 3 N–H and O–H groups in total. The molecule has 0 atom stereocenters. The number of hydrogen-bond acceptors (Lipinski definition) is 5. The van der Waals surface area contributed by atoms with Gasteiger partial charge in [-0.3, -0.25) is 20.4 Å². The van der Waals surface area contributed by atoms with Crippen LogP contribution in [0.3, 0.4) is 0 Å². The second-order valence-electron chi connectivity index (χ2n) is 6.30. The highest BCUT2D eigenvalue weighted by molar-refractivity contribution is 7.92. The minimum absolute atomic E-state index is 0.00760. The van der Waals surface area contributed by atoms with E-state index < -0.39 is 15.9 Å². The summed E-state index contributed by atoms with van der Waals surface area (Å²) in [7, 11) is -2.31. The predicted octanol–water partition coefficient (Wildman–Crippen LogP) is 2.96. The number of amides is 1. The topological polar surface area (TPSA) is 96.5 Å². The molecule has 1 aliphatic rings. The van der Waals surface area contributed by atoms with Gasteiger partial charge < -0.3 is 4.74 Å². The van der Waals surface area contributed by atoms with E-state index in [-0.39, 0.29) is 10.5 Å². The van der Waals surface area contributed by atoms with Gasteiger partial charge in [0.05, 0.1) is 17.7 Å². The standard InChI is InChI=1S/C20H21N3O4S/c1-14-6-7-17(12-14)21-22-20(24)15-4-3-5-19(13-15)28(25,26)23-16-8-10-18(27-2)11-9-16/h3-5,7-13,21,23H,6H2,1-2H3,(H,22,24). The first-order valence-corrected chi connectivity index (χ1v) is 10.1. The summed E-state index contributed by atoms with van der Waals surface area (Å²) in [4.78, 5) is 12.3. The van der Waals surface area contributed by atoms with Gasteiger partial charge in [-0.25, -0.2) is 8.42 Å². The normalized spacial score (nSPS) is 13.4. The molecule has 0 unspecified atom stereocenters. The number of nitrogens with one attached hydrogen (secondary N) is 3. The lowest BCUT2D eigenvalue weighted by Crippen LogP contribution is -2.36. The molecular formula is C20H21N3O4S. The largest absolute Gasteiger partial charge is 0.497 e. The molecule has 8 heteroatoms. The number of methoxy groups -OCH3 is 1. The average Bonchev–Trinajstić information content (AvgIpc) is 3.12. The molecule has 3 rings (SSSR count). The lowest BCUT2D eigenvalue weighted by atomic mass is 10.2. The zero-order valence-electron chi connectivity index (χ0n) is 15.5. The quantitative estimate of drug-likeness (QED) is 0.622. The third kappa shape index (κ3) is 4.72. The summed E-state index contributed by atoms with van der Waals surface area (Å²) in [5, 5.41) is 0. The molecule has 0 fully saturated rings. The van der Waals surface area contributed by atoms with E-state index in [0.717, 1.165) is 12.1 Å². The van der Waals surface area contributed by atoms with Crippen LogP contribution in [0, 0.1) is 0 Å². The van der Waals surface area contributed by atoms with Crippen LogP contribution >= 0.6 is 0 Å². The number of rotatable bonds is 7. The van der Waals surface area contributed by atoms with Gasteiger partial charge in [-0.1, -0.05) is 17.7 Å². The van der Waals surface area contributed by atoms with Gasteiger partial charge in [0.2, 0.25) is 0 Å². The number of hydrogen-bond donors (Lipinski definition) is 3. The first kappa shape index (κ1) is 19.5. The molecular weight excluding hydrogens is 378 g/mol. The van der Waals surface area contributed by atoms with E-state index in [1.807, 2.05) is 19.1 Å². The van der Waals surface area contributed by atoms with Crippen LogP contribution in [0.2, 0.25) is 0 Å². The van der Waals surface area contributed by atoms with Crippen molar-refractivity contribution in [2.45, 2.75) is 18.2 Å². The van der Waals surface area contributed by atoms with E-state index in [2.05, 4.69) is 15.6 Å². The van der Waals surface area contributed by atoms with Crippen LogP contribution in [0.5, 0.6) is 5.75 Å². The summed E-state index contributed by atoms with van der Waals surface area (Å²) >= 11 is 0. The lowest BCUT2D eigenvalue weighted by molar-refractivity contribution is 0.0939. The van der Waals surface area contributed by atoms with Gasteiger partial charge in [0.15, 0.2) is 0 Å². The fourth-order valence-corrected chi connectivity index (χ4v) is 3.72. The monoisotopic (exact) mass is 399 g/mol. The summed E-state index contributed by atoms with van der Waals surface area (Å²) in [6.07, 6.45) is 4.72. The minimum Gasteiger partial charge on any atom is -0.497 e. The van der Waals surface area contributed by atoms with Gasteiger partial charge in [-0.15, -0.1) is 0 Å². The SMILES string of the molecule is COc1ccc(NS(=O)(=O)c2cccc(C(=O)NNC3=CCC(C)=C3)c2)cc1. The first-order valence-electron chi connectivity index (χ1n) is 8.58. The summed E-state index contributed by atoms with van der Waals surface area (Å²) in [6, 6.07) is 12.3. The third-order valence-corrected chi connectivity index (χ3v) is 5.49. The number of carbonyl (C=O) groups is 1. The van der Waals surface area contributed by atoms with Crippen LogP contribution < -0.4 is 20.3 Å². The van der Waals surface area contributed by atoms with Gasteiger partial charge in [0.1, 0.15) is 5.75 Å². The Morgan fingerprint density at radius 1 is 1.11 bits per heavy atom. The molecule has 0 bridgehead atoms.